The Bertz CT molecular complexity index is 355. The molecule has 19 heavy (non-hydrogen) atoms. The summed E-state index contributed by atoms with van der Waals surface area (Å²) in [6.07, 6.45) is -0.648. The summed E-state index contributed by atoms with van der Waals surface area (Å²) >= 11 is 0. The van der Waals surface area contributed by atoms with E-state index < -0.39 is 29.9 Å². The molecule has 0 bridgehead atoms. The van der Waals surface area contributed by atoms with Crippen molar-refractivity contribution in [1.29, 1.82) is 0 Å². The van der Waals surface area contributed by atoms with Crippen LogP contribution in [0.15, 0.2) is 0 Å². The molecule has 110 valence electrons. The third-order valence-corrected chi connectivity index (χ3v) is 2.70. The third kappa shape index (κ3) is 5.56. The highest BCUT2D eigenvalue weighted by molar-refractivity contribution is 6.24. The van der Waals surface area contributed by atoms with E-state index in [0.717, 1.165) is 7.11 Å². The quantitative estimate of drug-likeness (QED) is 0.323. The van der Waals surface area contributed by atoms with Gasteiger partial charge in [0, 0.05) is 12.0 Å². The molecule has 0 saturated heterocycles. The molecule has 0 aromatic carbocycles. The van der Waals surface area contributed by atoms with Crippen LogP contribution in [0, 0.1) is 17.0 Å². The fourth-order valence-electron chi connectivity index (χ4n) is 1.45. The summed E-state index contributed by atoms with van der Waals surface area (Å²) in [6.45, 7) is 4.77. The van der Waals surface area contributed by atoms with Gasteiger partial charge < -0.3 is 20.4 Å². The van der Waals surface area contributed by atoms with Crippen molar-refractivity contribution >= 4 is 18.1 Å². The maximum absolute atomic E-state index is 11.5. The van der Waals surface area contributed by atoms with E-state index in [-0.39, 0.29) is 10.8 Å². The van der Waals surface area contributed by atoms with Gasteiger partial charge in [-0.05, 0) is 12.8 Å². The Labute approximate surface area is 111 Å². The van der Waals surface area contributed by atoms with Crippen LogP contribution in [0.25, 0.3) is 0 Å². The second-order valence-corrected chi connectivity index (χ2v) is 4.49. The summed E-state index contributed by atoms with van der Waals surface area (Å²) in [5, 5.41) is 32.0. The molecule has 8 nitrogen and oxygen atoms in total. The van der Waals surface area contributed by atoms with Gasteiger partial charge >= 0.3 is 11.9 Å². The molecule has 0 radical (unpaired) electrons. The van der Waals surface area contributed by atoms with Crippen molar-refractivity contribution in [2.24, 2.45) is 11.8 Å². The SMILES string of the molecule is CO[N+]([O-])=CC(=O)NC(C(C)C)C(O)C(C)C(=O)O. The first-order valence-electron chi connectivity index (χ1n) is 5.77. The maximum atomic E-state index is 11.5. The number of rotatable bonds is 7. The van der Waals surface area contributed by atoms with Gasteiger partial charge in [0.1, 0.15) is 0 Å². The van der Waals surface area contributed by atoms with Crippen molar-refractivity contribution in [3.8, 4) is 0 Å². The van der Waals surface area contributed by atoms with Crippen molar-refractivity contribution in [3.63, 3.8) is 0 Å². The molecule has 0 heterocycles. The molecular formula is C11H20N2O6. The standard InChI is InChI=1S/C11H20N2O6/c1-6(2)9(10(15)7(3)11(16)17)12-8(14)5-13(18)19-4/h5-7,9-10,15H,1-4H3,(H,12,14)(H,16,17). The monoisotopic (exact) mass is 276 g/mol. The van der Waals surface area contributed by atoms with Crippen LogP contribution in [0.1, 0.15) is 20.8 Å². The van der Waals surface area contributed by atoms with Gasteiger partial charge in [-0.25, -0.2) is 0 Å². The van der Waals surface area contributed by atoms with E-state index in [1.54, 1.807) is 13.8 Å². The first kappa shape index (κ1) is 17.2. The van der Waals surface area contributed by atoms with Crippen molar-refractivity contribution in [1.82, 2.24) is 5.32 Å². The summed E-state index contributed by atoms with van der Waals surface area (Å²) in [6, 6.07) is -0.792. The van der Waals surface area contributed by atoms with Crippen molar-refractivity contribution in [2.75, 3.05) is 7.11 Å². The Morgan fingerprint density at radius 1 is 1.37 bits per heavy atom. The van der Waals surface area contributed by atoms with Crippen LogP contribution in [-0.4, -0.2) is 52.5 Å². The highest BCUT2D eigenvalue weighted by Crippen LogP contribution is 2.14. The summed E-state index contributed by atoms with van der Waals surface area (Å²) in [7, 11) is 1.10. The van der Waals surface area contributed by atoms with E-state index >= 15 is 0 Å². The van der Waals surface area contributed by atoms with Gasteiger partial charge in [0.25, 0.3) is 6.21 Å². The van der Waals surface area contributed by atoms with Crippen LogP contribution in [0.3, 0.4) is 0 Å². The number of nitrogens with zero attached hydrogens (tertiary/aromatic N) is 1. The average molecular weight is 276 g/mol. The smallest absolute Gasteiger partial charge is 0.314 e. The number of nitrogens with one attached hydrogen (secondary N) is 1. The molecule has 3 N–H and O–H groups in total. The summed E-state index contributed by atoms with van der Waals surface area (Å²) in [5.74, 6) is -3.19. The van der Waals surface area contributed by atoms with E-state index in [2.05, 4.69) is 10.2 Å². The van der Waals surface area contributed by atoms with E-state index in [4.69, 9.17) is 5.11 Å². The fraction of sp³-hybridized carbons (Fsp3) is 0.727. The minimum absolute atomic E-state index is 0.0419. The van der Waals surface area contributed by atoms with Gasteiger partial charge in [-0.3, -0.25) is 14.8 Å². The maximum Gasteiger partial charge on any atom is 0.314 e. The molecule has 0 rings (SSSR count). The molecule has 1 amide bonds. The number of carboxylic acids is 1. The minimum atomic E-state index is -1.27. The Kier molecular flexibility index (Phi) is 6.84. The lowest BCUT2D eigenvalue weighted by atomic mass is 9.90. The second-order valence-electron chi connectivity index (χ2n) is 4.49. The number of hydrogen-bond donors (Lipinski definition) is 3. The normalized spacial score (nSPS) is 16.6. The average Bonchev–Trinajstić information content (AvgIpc) is 2.33. The van der Waals surface area contributed by atoms with E-state index in [9.17, 15) is 19.9 Å². The molecule has 0 aliphatic carbocycles. The number of aliphatic carboxylic acids is 1. The van der Waals surface area contributed by atoms with Gasteiger partial charge in [0.2, 0.25) is 0 Å². The lowest BCUT2D eigenvalue weighted by Crippen LogP contribution is -2.51. The van der Waals surface area contributed by atoms with Crippen LogP contribution in [0.2, 0.25) is 0 Å². The summed E-state index contributed by atoms with van der Waals surface area (Å²) < 4.78 is 0. The molecule has 0 spiro atoms. The predicted octanol–water partition coefficient (Wildman–Crippen LogP) is -0.649. The number of aliphatic hydroxyl groups is 1. The highest BCUT2D eigenvalue weighted by atomic mass is 16.9. The second kappa shape index (κ2) is 7.57. The van der Waals surface area contributed by atoms with Crippen molar-refractivity contribution in [3.05, 3.63) is 5.21 Å². The van der Waals surface area contributed by atoms with Crippen LogP contribution >= 0.6 is 0 Å². The number of amides is 1. The number of carboxylic acid groups (broad SMARTS) is 1. The Hall–Kier alpha value is -1.83. The zero-order chi connectivity index (χ0) is 15.2. The van der Waals surface area contributed by atoms with Crippen molar-refractivity contribution < 1.29 is 29.5 Å². The summed E-state index contributed by atoms with van der Waals surface area (Å²) in [5.41, 5.74) is 0. The lowest BCUT2D eigenvalue weighted by Gasteiger charge is -2.28. The highest BCUT2D eigenvalue weighted by Gasteiger charge is 2.32. The predicted molar refractivity (Wildman–Crippen MR) is 66.3 cm³/mol. The Morgan fingerprint density at radius 3 is 2.26 bits per heavy atom. The first-order valence-corrected chi connectivity index (χ1v) is 5.77. The topological polar surface area (TPSA) is 122 Å². The van der Waals surface area contributed by atoms with E-state index in [1.807, 2.05) is 0 Å². The molecule has 3 unspecified atom stereocenters. The molecular weight excluding hydrogens is 256 g/mol. The van der Waals surface area contributed by atoms with Gasteiger partial charge in [-0.15, -0.1) is 0 Å². The minimum Gasteiger partial charge on any atom is -0.481 e. The number of hydrogen-bond acceptors (Lipinski definition) is 5. The number of aliphatic hydroxyl groups excluding tert-OH is 1. The molecule has 0 saturated carbocycles. The largest absolute Gasteiger partial charge is 0.481 e. The van der Waals surface area contributed by atoms with Crippen LogP contribution in [-0.2, 0) is 14.4 Å². The molecule has 0 aliphatic heterocycles. The van der Waals surface area contributed by atoms with E-state index in [0.29, 0.717) is 6.21 Å². The number of carbonyl (C=O) groups excluding carboxylic acids is 1. The van der Waals surface area contributed by atoms with Gasteiger partial charge in [0.05, 0.1) is 18.1 Å². The van der Waals surface area contributed by atoms with Crippen LogP contribution in [0.5, 0.6) is 0 Å². The van der Waals surface area contributed by atoms with Gasteiger partial charge in [-0.2, -0.15) is 0 Å². The van der Waals surface area contributed by atoms with Crippen LogP contribution < -0.4 is 5.32 Å². The van der Waals surface area contributed by atoms with Crippen molar-refractivity contribution in [2.45, 2.75) is 32.9 Å². The summed E-state index contributed by atoms with van der Waals surface area (Å²) in [4.78, 5) is 26.5. The zero-order valence-corrected chi connectivity index (χ0v) is 11.4. The van der Waals surface area contributed by atoms with Crippen LogP contribution in [0.4, 0.5) is 0 Å². The molecule has 0 aromatic heterocycles. The zero-order valence-electron chi connectivity index (χ0n) is 11.4. The Morgan fingerprint density at radius 2 is 1.89 bits per heavy atom. The molecule has 0 fully saturated rings. The first-order chi connectivity index (χ1) is 8.70. The lowest BCUT2D eigenvalue weighted by molar-refractivity contribution is -0.729. The van der Waals surface area contributed by atoms with Gasteiger partial charge in [-0.1, -0.05) is 13.8 Å². The van der Waals surface area contributed by atoms with Gasteiger partial charge in [0.15, 0.2) is 0 Å². The fourth-order valence-corrected chi connectivity index (χ4v) is 1.45. The molecule has 0 aromatic rings. The third-order valence-electron chi connectivity index (χ3n) is 2.70. The van der Waals surface area contributed by atoms with E-state index in [1.165, 1.54) is 6.92 Å². The number of carbonyl (C=O) groups is 2. The Balaban J connectivity index is 4.85. The molecule has 0 aliphatic rings. The molecule has 3 atom stereocenters. The molecule has 8 heteroatoms.